The Hall–Kier alpha value is -9.00. The van der Waals surface area contributed by atoms with Crippen molar-refractivity contribution >= 4 is 73.1 Å². The van der Waals surface area contributed by atoms with Crippen LogP contribution in [-0.2, 0) is 0 Å². The van der Waals surface area contributed by atoms with Gasteiger partial charge in [0.25, 0.3) is 0 Å². The van der Waals surface area contributed by atoms with Gasteiger partial charge >= 0.3 is 0 Å². The van der Waals surface area contributed by atoms with Gasteiger partial charge in [0.2, 0.25) is 0 Å². The second kappa shape index (κ2) is 15.4. The van der Waals surface area contributed by atoms with Gasteiger partial charge in [-0.2, -0.15) is 0 Å². The quantitative estimate of drug-likeness (QED) is 0.159. The lowest BCUT2D eigenvalue weighted by Crippen LogP contribution is -2.19. The molecular weight excluding hydrogens is 811 g/mol. The molecule has 3 heterocycles. The lowest BCUT2D eigenvalue weighted by Gasteiger charge is -2.37. The van der Waals surface area contributed by atoms with Crippen LogP contribution in [0.1, 0.15) is 0 Å². The fraction of sp³-hybridized carbons (Fsp3) is 0. The van der Waals surface area contributed by atoms with Crippen molar-refractivity contribution in [2.75, 3.05) is 14.7 Å². The van der Waals surface area contributed by atoms with Gasteiger partial charge in [0.05, 0.1) is 39.8 Å². The summed E-state index contributed by atoms with van der Waals surface area (Å²) in [5.74, 6) is 3.15. The molecule has 66 heavy (non-hydrogen) atoms. The van der Waals surface area contributed by atoms with E-state index in [1.165, 1.54) is 5.56 Å². The summed E-state index contributed by atoms with van der Waals surface area (Å²) in [4.78, 5) is 6.98. The summed E-state index contributed by atoms with van der Waals surface area (Å²) in [5.41, 5.74) is 15.1. The molecule has 1 aromatic heterocycles. The molecule has 0 atom stereocenters. The Kier molecular flexibility index (Phi) is 8.74. The third kappa shape index (κ3) is 6.34. The second-order valence-electron chi connectivity index (χ2n) is 16.6. The molecule has 2 aliphatic rings. The zero-order chi connectivity index (χ0) is 43.6. The van der Waals surface area contributed by atoms with Crippen LogP contribution in [0.4, 0.5) is 51.2 Å². The Morgan fingerprint density at radius 1 is 0.288 bits per heavy atom. The van der Waals surface area contributed by atoms with Crippen LogP contribution in [0.15, 0.2) is 241 Å². The molecule has 0 saturated carbocycles. The predicted molar refractivity (Wildman–Crippen MR) is 269 cm³/mol. The molecule has 6 heteroatoms. The van der Waals surface area contributed by atoms with Crippen LogP contribution in [0, 0.1) is 0 Å². The van der Waals surface area contributed by atoms with E-state index < -0.39 is 0 Å². The van der Waals surface area contributed by atoms with Crippen molar-refractivity contribution in [2.45, 2.75) is 0 Å². The van der Waals surface area contributed by atoms with Gasteiger partial charge in [0, 0.05) is 22.1 Å². The van der Waals surface area contributed by atoms with E-state index in [1.807, 2.05) is 60.7 Å². The van der Waals surface area contributed by atoms with Gasteiger partial charge in [0.1, 0.15) is 11.2 Å². The number of nitrogens with zero attached hydrogens (tertiary/aromatic N) is 3. The second-order valence-corrected chi connectivity index (χ2v) is 16.6. The first-order valence-electron chi connectivity index (χ1n) is 22.1. The molecule has 312 valence electrons. The SMILES string of the molecule is c1ccc(-c2ccc(N(c3ccc(-c4ccc5oc6ccccc6c5c4)cc3)c3cc(N4c5ccccc5Oc5ccccc54)cc(N4c5ccccc5Oc5ccccc54)c3)cc2)cc1. The average Bonchev–Trinajstić information content (AvgIpc) is 3.76. The number of ether oxygens (including phenoxy) is 2. The first-order valence-corrected chi connectivity index (χ1v) is 22.1. The van der Waals surface area contributed by atoms with E-state index in [1.54, 1.807) is 0 Å². The lowest BCUT2D eigenvalue weighted by atomic mass is 10.0. The highest BCUT2D eigenvalue weighted by atomic mass is 16.5. The van der Waals surface area contributed by atoms with Gasteiger partial charge in [0.15, 0.2) is 23.0 Å². The molecule has 13 rings (SSSR count). The molecule has 6 nitrogen and oxygen atoms in total. The van der Waals surface area contributed by atoms with Crippen LogP contribution < -0.4 is 24.2 Å². The number of fused-ring (bicyclic) bond motifs is 7. The number of furan rings is 1. The molecule has 0 spiro atoms. The maximum atomic E-state index is 6.54. The van der Waals surface area contributed by atoms with Crippen LogP contribution in [0.5, 0.6) is 23.0 Å². The maximum absolute atomic E-state index is 6.54. The molecule has 0 bridgehead atoms. The summed E-state index contributed by atoms with van der Waals surface area (Å²) in [5, 5.41) is 2.22. The van der Waals surface area contributed by atoms with E-state index in [2.05, 4.69) is 191 Å². The Morgan fingerprint density at radius 3 is 1.23 bits per heavy atom. The summed E-state index contributed by atoms with van der Waals surface area (Å²) in [6.45, 7) is 0. The molecule has 0 radical (unpaired) electrons. The number of hydrogen-bond donors (Lipinski definition) is 0. The number of para-hydroxylation sites is 9. The number of benzene rings is 10. The van der Waals surface area contributed by atoms with E-state index >= 15 is 0 Å². The Balaban J connectivity index is 1.03. The predicted octanol–water partition coefficient (Wildman–Crippen LogP) is 17.5. The van der Waals surface area contributed by atoms with Gasteiger partial charge in [-0.25, -0.2) is 0 Å². The van der Waals surface area contributed by atoms with Crippen LogP contribution >= 0.6 is 0 Å². The molecule has 0 amide bonds. The molecule has 0 unspecified atom stereocenters. The smallest absolute Gasteiger partial charge is 0.151 e. The van der Waals surface area contributed by atoms with Gasteiger partial charge < -0.3 is 28.6 Å². The van der Waals surface area contributed by atoms with Gasteiger partial charge in [-0.05, 0) is 131 Å². The van der Waals surface area contributed by atoms with Crippen LogP contribution in [0.25, 0.3) is 44.2 Å². The van der Waals surface area contributed by atoms with Crippen molar-refractivity contribution in [3.63, 3.8) is 0 Å². The van der Waals surface area contributed by atoms with Crippen molar-refractivity contribution in [1.29, 1.82) is 0 Å². The summed E-state index contributed by atoms with van der Waals surface area (Å²) in [7, 11) is 0. The van der Waals surface area contributed by atoms with Gasteiger partial charge in [-0.15, -0.1) is 0 Å². The number of hydrogen-bond acceptors (Lipinski definition) is 6. The Labute approximate surface area is 382 Å². The van der Waals surface area contributed by atoms with E-state index in [4.69, 9.17) is 13.9 Å². The minimum absolute atomic E-state index is 0.788. The first-order chi connectivity index (χ1) is 32.7. The summed E-state index contributed by atoms with van der Waals surface area (Å²) < 4.78 is 19.3. The monoisotopic (exact) mass is 849 g/mol. The highest BCUT2D eigenvalue weighted by Gasteiger charge is 2.30. The van der Waals surface area contributed by atoms with Gasteiger partial charge in [-0.3, -0.25) is 0 Å². The fourth-order valence-electron chi connectivity index (χ4n) is 9.52. The minimum atomic E-state index is 0.788. The molecule has 0 fully saturated rings. The van der Waals surface area contributed by atoms with E-state index in [9.17, 15) is 0 Å². The topological polar surface area (TPSA) is 41.3 Å². The van der Waals surface area contributed by atoms with Gasteiger partial charge in [-0.1, -0.05) is 127 Å². The van der Waals surface area contributed by atoms with Crippen LogP contribution in [0.2, 0.25) is 0 Å². The normalized spacial score (nSPS) is 12.4. The van der Waals surface area contributed by atoms with E-state index in [-0.39, 0.29) is 0 Å². The highest BCUT2D eigenvalue weighted by molar-refractivity contribution is 6.06. The third-order valence-electron chi connectivity index (χ3n) is 12.6. The minimum Gasteiger partial charge on any atom is -0.456 e. The van der Waals surface area contributed by atoms with Crippen LogP contribution in [0.3, 0.4) is 0 Å². The van der Waals surface area contributed by atoms with E-state index in [0.717, 1.165) is 113 Å². The van der Waals surface area contributed by atoms with E-state index in [0.29, 0.717) is 0 Å². The average molecular weight is 850 g/mol. The zero-order valence-corrected chi connectivity index (χ0v) is 35.6. The molecule has 2 aliphatic heterocycles. The molecule has 10 aromatic carbocycles. The summed E-state index contributed by atoms with van der Waals surface area (Å²) in [6.07, 6.45) is 0. The number of anilines is 9. The largest absolute Gasteiger partial charge is 0.456 e. The Bertz CT molecular complexity index is 3410. The van der Waals surface area contributed by atoms with Crippen molar-refractivity contribution in [3.05, 3.63) is 237 Å². The zero-order valence-electron chi connectivity index (χ0n) is 35.6. The standard InChI is InChI=1S/C60H39N3O3/c1-2-14-40(15-3-1)41-26-31-44(32-27-41)61(45-33-28-42(29-34-45)43-30-35-56-50(36-43)49-16-4-9-21-55(49)64-56)46-37-47(62-51-17-5-10-22-57(51)65-58-23-11-6-18-52(58)62)39-48(38-46)63-53-19-7-12-24-59(53)66-60-25-13-8-20-54(60)63/h1-39H. The maximum Gasteiger partial charge on any atom is 0.151 e. The van der Waals surface area contributed by atoms with Crippen molar-refractivity contribution in [2.24, 2.45) is 0 Å². The summed E-state index contributed by atoms with van der Waals surface area (Å²) in [6, 6.07) is 82.8. The molecule has 11 aromatic rings. The van der Waals surface area contributed by atoms with Crippen molar-refractivity contribution in [1.82, 2.24) is 0 Å². The fourth-order valence-corrected chi connectivity index (χ4v) is 9.52. The molecular formula is C60H39N3O3. The first kappa shape index (κ1) is 37.5. The van der Waals surface area contributed by atoms with Crippen LogP contribution in [-0.4, -0.2) is 0 Å². The lowest BCUT2D eigenvalue weighted by molar-refractivity contribution is 0.477. The van der Waals surface area contributed by atoms with Crippen molar-refractivity contribution in [3.8, 4) is 45.3 Å². The molecule has 0 saturated heterocycles. The Morgan fingerprint density at radius 2 is 0.697 bits per heavy atom. The highest BCUT2D eigenvalue weighted by Crippen LogP contribution is 2.55. The summed E-state index contributed by atoms with van der Waals surface area (Å²) >= 11 is 0. The third-order valence-corrected chi connectivity index (χ3v) is 12.6. The van der Waals surface area contributed by atoms with Crippen molar-refractivity contribution < 1.29 is 13.9 Å². The molecule has 0 N–H and O–H groups in total. The number of rotatable bonds is 7. The molecule has 0 aliphatic carbocycles.